The van der Waals surface area contributed by atoms with Crippen LogP contribution in [0.15, 0.2) is 71.6 Å². The molecule has 0 spiro atoms. The zero-order chi connectivity index (χ0) is 24.1. The molecule has 2 aromatic heterocycles. The molecule has 0 aliphatic rings. The predicted molar refractivity (Wildman–Crippen MR) is 127 cm³/mol. The van der Waals surface area contributed by atoms with Gasteiger partial charge in [-0.2, -0.15) is 4.52 Å². The number of benzene rings is 2. The van der Waals surface area contributed by atoms with E-state index in [0.717, 1.165) is 5.56 Å². The SMILES string of the molecule is CC(C)C(=O)Nc1ccc(S(=O)(=O)NCCOc2ccc3nnc(-c4ccccc4)n3n2)cc1. The molecule has 0 radical (unpaired) electrons. The summed E-state index contributed by atoms with van der Waals surface area (Å²) in [6, 6.07) is 18.9. The lowest BCUT2D eigenvalue weighted by Gasteiger charge is -2.10. The molecule has 10 nitrogen and oxygen atoms in total. The lowest BCUT2D eigenvalue weighted by atomic mass is 10.2. The molecule has 0 unspecified atom stereocenters. The van der Waals surface area contributed by atoms with Crippen LogP contribution in [0.25, 0.3) is 17.0 Å². The molecule has 11 heteroatoms. The molecular weight excluding hydrogens is 456 g/mol. The molecule has 0 fully saturated rings. The van der Waals surface area contributed by atoms with Crippen LogP contribution in [0.2, 0.25) is 0 Å². The van der Waals surface area contributed by atoms with E-state index in [2.05, 4.69) is 25.3 Å². The summed E-state index contributed by atoms with van der Waals surface area (Å²) in [5, 5.41) is 15.4. The summed E-state index contributed by atoms with van der Waals surface area (Å²) in [5.41, 5.74) is 1.97. The third kappa shape index (κ3) is 5.38. The number of hydrogen-bond donors (Lipinski definition) is 2. The van der Waals surface area contributed by atoms with Gasteiger partial charge in [-0.25, -0.2) is 13.1 Å². The van der Waals surface area contributed by atoms with E-state index in [-0.39, 0.29) is 29.9 Å². The van der Waals surface area contributed by atoms with Crippen LogP contribution in [0.5, 0.6) is 5.88 Å². The minimum Gasteiger partial charge on any atom is -0.475 e. The largest absolute Gasteiger partial charge is 0.475 e. The maximum atomic E-state index is 12.5. The molecule has 0 saturated heterocycles. The number of rotatable bonds is 9. The second-order valence-electron chi connectivity index (χ2n) is 7.75. The molecule has 2 heterocycles. The fraction of sp³-hybridized carbons (Fsp3) is 0.217. The Balaban J connectivity index is 1.35. The smallest absolute Gasteiger partial charge is 0.240 e. The number of fused-ring (bicyclic) bond motifs is 1. The number of nitrogens with zero attached hydrogens (tertiary/aromatic N) is 4. The van der Waals surface area contributed by atoms with Crippen LogP contribution in [0, 0.1) is 5.92 Å². The van der Waals surface area contributed by atoms with Crippen LogP contribution < -0.4 is 14.8 Å². The summed E-state index contributed by atoms with van der Waals surface area (Å²) in [5.74, 6) is 0.582. The van der Waals surface area contributed by atoms with E-state index in [1.807, 2.05) is 30.3 Å². The summed E-state index contributed by atoms with van der Waals surface area (Å²) in [4.78, 5) is 11.9. The van der Waals surface area contributed by atoms with Gasteiger partial charge in [-0.15, -0.1) is 15.3 Å². The average Bonchev–Trinajstić information content (AvgIpc) is 3.26. The Kier molecular flexibility index (Phi) is 6.85. The van der Waals surface area contributed by atoms with Crippen molar-refractivity contribution in [2.75, 3.05) is 18.5 Å². The molecule has 4 rings (SSSR count). The molecule has 0 aliphatic heterocycles. The highest BCUT2D eigenvalue weighted by atomic mass is 32.2. The highest BCUT2D eigenvalue weighted by Crippen LogP contribution is 2.19. The number of amides is 1. The maximum Gasteiger partial charge on any atom is 0.240 e. The van der Waals surface area contributed by atoms with E-state index >= 15 is 0 Å². The van der Waals surface area contributed by atoms with Crippen molar-refractivity contribution in [1.29, 1.82) is 0 Å². The third-order valence-corrected chi connectivity index (χ3v) is 6.35. The Labute approximate surface area is 197 Å². The van der Waals surface area contributed by atoms with Crippen LogP contribution in [0.3, 0.4) is 0 Å². The quantitative estimate of drug-likeness (QED) is 0.353. The summed E-state index contributed by atoms with van der Waals surface area (Å²) in [7, 11) is -3.73. The van der Waals surface area contributed by atoms with Gasteiger partial charge < -0.3 is 10.1 Å². The molecule has 2 aromatic carbocycles. The van der Waals surface area contributed by atoms with Gasteiger partial charge in [0.15, 0.2) is 11.5 Å². The van der Waals surface area contributed by atoms with Gasteiger partial charge >= 0.3 is 0 Å². The number of nitrogens with one attached hydrogen (secondary N) is 2. The molecule has 0 atom stereocenters. The molecular formula is C23H24N6O4S. The second-order valence-corrected chi connectivity index (χ2v) is 9.51. The van der Waals surface area contributed by atoms with E-state index in [9.17, 15) is 13.2 Å². The summed E-state index contributed by atoms with van der Waals surface area (Å²) >= 11 is 0. The summed E-state index contributed by atoms with van der Waals surface area (Å²) < 4.78 is 34.8. The first kappa shape index (κ1) is 23.3. The standard InChI is InChI=1S/C23H24N6O4S/c1-16(2)23(30)25-18-8-10-19(11-9-18)34(31,32)24-14-15-33-21-13-12-20-26-27-22(29(20)28-21)17-6-4-3-5-7-17/h3-13,16,24H,14-15H2,1-2H3,(H,25,30). The molecule has 2 N–H and O–H groups in total. The van der Waals surface area contributed by atoms with Gasteiger partial charge in [-0.1, -0.05) is 44.2 Å². The minimum atomic E-state index is -3.73. The lowest BCUT2D eigenvalue weighted by Crippen LogP contribution is -2.28. The van der Waals surface area contributed by atoms with Gasteiger partial charge in [0.2, 0.25) is 21.8 Å². The van der Waals surface area contributed by atoms with E-state index < -0.39 is 10.0 Å². The number of carbonyl (C=O) groups is 1. The van der Waals surface area contributed by atoms with Gasteiger partial charge in [0, 0.05) is 29.8 Å². The van der Waals surface area contributed by atoms with Gasteiger partial charge in [-0.05, 0) is 30.3 Å². The predicted octanol–water partition coefficient (Wildman–Crippen LogP) is 2.74. The van der Waals surface area contributed by atoms with Crippen molar-refractivity contribution in [3.05, 3.63) is 66.7 Å². The Morgan fingerprint density at radius 2 is 1.74 bits per heavy atom. The molecule has 34 heavy (non-hydrogen) atoms. The van der Waals surface area contributed by atoms with Gasteiger partial charge in [0.05, 0.1) is 4.90 Å². The molecule has 0 bridgehead atoms. The van der Waals surface area contributed by atoms with Crippen molar-refractivity contribution >= 4 is 27.3 Å². The molecule has 176 valence electrons. The zero-order valence-corrected chi connectivity index (χ0v) is 19.5. The first-order chi connectivity index (χ1) is 16.3. The van der Waals surface area contributed by atoms with Gasteiger partial charge in [0.25, 0.3) is 0 Å². The van der Waals surface area contributed by atoms with E-state index in [1.165, 1.54) is 12.1 Å². The van der Waals surface area contributed by atoms with Crippen LogP contribution in [0.4, 0.5) is 5.69 Å². The molecule has 0 aliphatic carbocycles. The Morgan fingerprint density at radius 3 is 2.44 bits per heavy atom. The summed E-state index contributed by atoms with van der Waals surface area (Å²) in [6.07, 6.45) is 0. The topological polar surface area (TPSA) is 128 Å². The van der Waals surface area contributed by atoms with Crippen LogP contribution in [-0.2, 0) is 14.8 Å². The lowest BCUT2D eigenvalue weighted by molar-refractivity contribution is -0.118. The Morgan fingerprint density at radius 1 is 1.00 bits per heavy atom. The third-order valence-electron chi connectivity index (χ3n) is 4.87. The van der Waals surface area contributed by atoms with Gasteiger partial charge in [-0.3, -0.25) is 4.79 Å². The highest BCUT2D eigenvalue weighted by Gasteiger charge is 2.15. The number of ether oxygens (including phenoxy) is 1. The van der Waals surface area contributed by atoms with Crippen molar-refractivity contribution in [2.24, 2.45) is 5.92 Å². The summed E-state index contributed by atoms with van der Waals surface area (Å²) in [6.45, 7) is 3.68. The van der Waals surface area contributed by atoms with Crippen molar-refractivity contribution < 1.29 is 17.9 Å². The minimum absolute atomic E-state index is 0.0433. The van der Waals surface area contributed by atoms with Crippen molar-refractivity contribution in [1.82, 2.24) is 24.5 Å². The first-order valence-corrected chi connectivity index (χ1v) is 12.1. The van der Waals surface area contributed by atoms with Crippen molar-refractivity contribution in [2.45, 2.75) is 18.7 Å². The first-order valence-electron chi connectivity index (χ1n) is 10.6. The number of sulfonamides is 1. The highest BCUT2D eigenvalue weighted by molar-refractivity contribution is 7.89. The maximum absolute atomic E-state index is 12.5. The Hall–Kier alpha value is -3.83. The molecule has 4 aromatic rings. The van der Waals surface area contributed by atoms with Crippen molar-refractivity contribution in [3.63, 3.8) is 0 Å². The number of hydrogen-bond acceptors (Lipinski definition) is 7. The average molecular weight is 481 g/mol. The fourth-order valence-corrected chi connectivity index (χ4v) is 4.05. The van der Waals surface area contributed by atoms with Gasteiger partial charge in [0.1, 0.15) is 6.61 Å². The Bertz CT molecular complexity index is 1390. The zero-order valence-electron chi connectivity index (χ0n) is 18.7. The molecule has 1 amide bonds. The number of carbonyl (C=O) groups excluding carboxylic acids is 1. The number of aromatic nitrogens is 4. The van der Waals surface area contributed by atoms with E-state index in [0.29, 0.717) is 23.0 Å². The second kappa shape index (κ2) is 9.98. The number of anilines is 1. The van der Waals surface area contributed by atoms with E-state index in [4.69, 9.17) is 4.74 Å². The van der Waals surface area contributed by atoms with Crippen LogP contribution in [0.1, 0.15) is 13.8 Å². The van der Waals surface area contributed by atoms with E-state index in [1.54, 1.807) is 42.6 Å². The molecule has 0 saturated carbocycles. The normalized spacial score (nSPS) is 11.6. The van der Waals surface area contributed by atoms with Crippen LogP contribution >= 0.6 is 0 Å². The van der Waals surface area contributed by atoms with Crippen molar-refractivity contribution in [3.8, 4) is 17.3 Å². The fourth-order valence-electron chi connectivity index (χ4n) is 3.04. The van der Waals surface area contributed by atoms with Crippen LogP contribution in [-0.4, -0.2) is 47.3 Å². The monoisotopic (exact) mass is 480 g/mol.